The Kier molecular flexibility index (Phi) is 4.38. The van der Waals surface area contributed by atoms with Crippen LogP contribution in [0.3, 0.4) is 0 Å². The van der Waals surface area contributed by atoms with Gasteiger partial charge in [-0.1, -0.05) is 32.0 Å². The van der Waals surface area contributed by atoms with E-state index in [4.69, 9.17) is 4.98 Å². The molecule has 1 aromatic carbocycles. The molecule has 0 saturated heterocycles. The predicted octanol–water partition coefficient (Wildman–Crippen LogP) is 3.35. The third-order valence-corrected chi connectivity index (χ3v) is 3.77. The number of fused-ring (bicyclic) bond motifs is 1. The van der Waals surface area contributed by atoms with Crippen molar-refractivity contribution in [2.75, 3.05) is 11.9 Å². The summed E-state index contributed by atoms with van der Waals surface area (Å²) in [6.07, 6.45) is 2.15. The topological polar surface area (TPSA) is 36.4 Å². The zero-order chi connectivity index (χ0) is 13.8. The molecule has 0 spiro atoms. The molecule has 2 rings (SSSR count). The second-order valence-corrected chi connectivity index (χ2v) is 4.90. The summed E-state index contributed by atoms with van der Waals surface area (Å²) < 4.78 is 0. The zero-order valence-corrected chi connectivity index (χ0v) is 11.9. The van der Waals surface area contributed by atoms with E-state index in [0.717, 1.165) is 35.1 Å². The lowest BCUT2D eigenvalue weighted by Gasteiger charge is -2.29. The van der Waals surface area contributed by atoms with E-state index in [-0.39, 0.29) is 6.61 Å². The molecule has 0 fully saturated rings. The molecule has 0 aliphatic carbocycles. The SMILES string of the molecule is CCC(CC)N(C)c1nc2ccccc2cc1CO. The minimum absolute atomic E-state index is 0.0255. The van der Waals surface area contributed by atoms with Gasteiger partial charge in [0.25, 0.3) is 0 Å². The lowest BCUT2D eigenvalue weighted by atomic mass is 10.1. The van der Waals surface area contributed by atoms with Crippen LogP contribution in [0.2, 0.25) is 0 Å². The van der Waals surface area contributed by atoms with Gasteiger partial charge in [0.1, 0.15) is 5.82 Å². The van der Waals surface area contributed by atoms with Crippen molar-refractivity contribution >= 4 is 16.7 Å². The van der Waals surface area contributed by atoms with Crippen molar-refractivity contribution in [3.8, 4) is 0 Å². The number of para-hydroxylation sites is 1. The van der Waals surface area contributed by atoms with Crippen molar-refractivity contribution < 1.29 is 5.11 Å². The number of hydrogen-bond donors (Lipinski definition) is 1. The van der Waals surface area contributed by atoms with E-state index in [9.17, 15) is 5.11 Å². The summed E-state index contributed by atoms with van der Waals surface area (Å²) in [6.45, 7) is 4.40. The molecule has 0 saturated carbocycles. The largest absolute Gasteiger partial charge is 0.392 e. The van der Waals surface area contributed by atoms with Crippen molar-refractivity contribution in [3.63, 3.8) is 0 Å². The van der Waals surface area contributed by atoms with Crippen molar-refractivity contribution in [1.82, 2.24) is 4.98 Å². The number of aliphatic hydroxyl groups is 1. The molecule has 1 heterocycles. The van der Waals surface area contributed by atoms with E-state index in [1.165, 1.54) is 0 Å². The Balaban J connectivity index is 2.51. The minimum Gasteiger partial charge on any atom is -0.392 e. The van der Waals surface area contributed by atoms with Crippen LogP contribution < -0.4 is 4.90 Å². The number of hydrogen-bond acceptors (Lipinski definition) is 3. The van der Waals surface area contributed by atoms with Gasteiger partial charge in [-0.05, 0) is 25.0 Å². The maximum Gasteiger partial charge on any atom is 0.134 e. The van der Waals surface area contributed by atoms with E-state index < -0.39 is 0 Å². The average Bonchev–Trinajstić information content (AvgIpc) is 2.46. The summed E-state index contributed by atoms with van der Waals surface area (Å²) in [5.41, 5.74) is 1.88. The molecule has 1 aromatic heterocycles. The van der Waals surface area contributed by atoms with E-state index in [1.54, 1.807) is 0 Å². The van der Waals surface area contributed by atoms with Gasteiger partial charge in [-0.25, -0.2) is 4.98 Å². The quantitative estimate of drug-likeness (QED) is 0.893. The number of nitrogens with zero attached hydrogens (tertiary/aromatic N) is 2. The summed E-state index contributed by atoms with van der Waals surface area (Å²) in [5.74, 6) is 0.898. The lowest BCUT2D eigenvalue weighted by Crippen LogP contribution is -2.32. The molecule has 1 N–H and O–H groups in total. The Hall–Kier alpha value is -1.61. The van der Waals surface area contributed by atoms with Crippen molar-refractivity contribution in [1.29, 1.82) is 0 Å². The van der Waals surface area contributed by atoms with E-state index >= 15 is 0 Å². The fraction of sp³-hybridized carbons (Fsp3) is 0.438. The van der Waals surface area contributed by atoms with Gasteiger partial charge in [0.2, 0.25) is 0 Å². The minimum atomic E-state index is 0.0255. The van der Waals surface area contributed by atoms with Gasteiger partial charge in [-0.15, -0.1) is 0 Å². The highest BCUT2D eigenvalue weighted by atomic mass is 16.3. The molecule has 3 nitrogen and oxygen atoms in total. The van der Waals surface area contributed by atoms with Gasteiger partial charge >= 0.3 is 0 Å². The molecule has 3 heteroatoms. The van der Waals surface area contributed by atoms with E-state index in [2.05, 4.69) is 25.8 Å². The van der Waals surface area contributed by atoms with Crippen molar-refractivity contribution in [2.45, 2.75) is 39.3 Å². The monoisotopic (exact) mass is 258 g/mol. The van der Waals surface area contributed by atoms with Crippen LogP contribution in [-0.4, -0.2) is 23.2 Å². The number of pyridine rings is 1. The van der Waals surface area contributed by atoms with Crippen LogP contribution in [0, 0.1) is 0 Å². The first-order valence-electron chi connectivity index (χ1n) is 6.93. The number of benzene rings is 1. The number of anilines is 1. The number of aliphatic hydroxyl groups excluding tert-OH is 1. The first-order valence-corrected chi connectivity index (χ1v) is 6.93. The average molecular weight is 258 g/mol. The van der Waals surface area contributed by atoms with Crippen molar-refractivity contribution in [3.05, 3.63) is 35.9 Å². The first kappa shape index (κ1) is 13.8. The normalized spacial score (nSPS) is 11.2. The molecule has 2 aromatic rings. The van der Waals surface area contributed by atoms with Crippen LogP contribution in [0.15, 0.2) is 30.3 Å². The Morgan fingerprint density at radius 3 is 2.53 bits per heavy atom. The molecule has 0 aliphatic rings. The molecule has 0 unspecified atom stereocenters. The molecule has 0 atom stereocenters. The number of aromatic nitrogens is 1. The smallest absolute Gasteiger partial charge is 0.134 e. The molecule has 102 valence electrons. The van der Waals surface area contributed by atoms with Gasteiger partial charge in [0, 0.05) is 24.0 Å². The molecule has 0 aliphatic heterocycles. The van der Waals surface area contributed by atoms with Gasteiger partial charge in [-0.3, -0.25) is 0 Å². The summed E-state index contributed by atoms with van der Waals surface area (Å²) in [5, 5.41) is 10.7. The number of rotatable bonds is 5. The highest BCUT2D eigenvalue weighted by molar-refractivity contribution is 5.81. The molecule has 0 amide bonds. The van der Waals surface area contributed by atoms with Crippen LogP contribution in [0.4, 0.5) is 5.82 Å². The third kappa shape index (κ3) is 2.71. The molecule has 19 heavy (non-hydrogen) atoms. The summed E-state index contributed by atoms with van der Waals surface area (Å²) >= 11 is 0. The fourth-order valence-corrected chi connectivity index (χ4v) is 2.58. The highest BCUT2D eigenvalue weighted by Crippen LogP contribution is 2.25. The Bertz CT molecular complexity index is 549. The maximum absolute atomic E-state index is 9.59. The van der Waals surface area contributed by atoms with E-state index in [1.807, 2.05) is 30.3 Å². The van der Waals surface area contributed by atoms with Crippen LogP contribution in [0.1, 0.15) is 32.3 Å². The second kappa shape index (κ2) is 6.02. The van der Waals surface area contributed by atoms with Gasteiger partial charge < -0.3 is 10.0 Å². The van der Waals surface area contributed by atoms with Crippen LogP contribution in [-0.2, 0) is 6.61 Å². The van der Waals surface area contributed by atoms with Gasteiger partial charge in [0.05, 0.1) is 12.1 Å². The third-order valence-electron chi connectivity index (χ3n) is 3.77. The van der Waals surface area contributed by atoms with Crippen LogP contribution in [0.5, 0.6) is 0 Å². The maximum atomic E-state index is 9.59. The second-order valence-electron chi connectivity index (χ2n) is 4.90. The molecule has 0 bridgehead atoms. The summed E-state index contributed by atoms with van der Waals surface area (Å²) in [7, 11) is 2.06. The van der Waals surface area contributed by atoms with E-state index in [0.29, 0.717) is 6.04 Å². The predicted molar refractivity (Wildman–Crippen MR) is 80.4 cm³/mol. The Morgan fingerprint density at radius 1 is 1.21 bits per heavy atom. The molecular formula is C16H22N2O. The Morgan fingerprint density at radius 2 is 1.89 bits per heavy atom. The van der Waals surface area contributed by atoms with Crippen LogP contribution in [0.25, 0.3) is 10.9 Å². The summed E-state index contributed by atoms with van der Waals surface area (Å²) in [4.78, 5) is 6.92. The first-order chi connectivity index (χ1) is 9.21. The van der Waals surface area contributed by atoms with Crippen LogP contribution >= 0.6 is 0 Å². The molecule has 0 radical (unpaired) electrons. The zero-order valence-electron chi connectivity index (χ0n) is 11.9. The summed E-state index contributed by atoms with van der Waals surface area (Å²) in [6, 6.07) is 10.5. The fourth-order valence-electron chi connectivity index (χ4n) is 2.58. The van der Waals surface area contributed by atoms with Crippen molar-refractivity contribution in [2.24, 2.45) is 0 Å². The lowest BCUT2D eigenvalue weighted by molar-refractivity contribution is 0.281. The van der Waals surface area contributed by atoms with Gasteiger partial charge in [-0.2, -0.15) is 0 Å². The highest BCUT2D eigenvalue weighted by Gasteiger charge is 2.16. The Labute approximate surface area is 114 Å². The van der Waals surface area contributed by atoms with Gasteiger partial charge in [0.15, 0.2) is 0 Å². The molecular weight excluding hydrogens is 236 g/mol. The standard InChI is InChI=1S/C16H22N2O/c1-4-14(5-2)18(3)16-13(11-19)10-12-8-6-7-9-15(12)17-16/h6-10,14,19H,4-5,11H2,1-3H3.